The Hall–Kier alpha value is -3.17. The van der Waals surface area contributed by atoms with Gasteiger partial charge in [-0.3, -0.25) is 9.59 Å². The number of carbonyl (C=O) groups is 2. The zero-order chi connectivity index (χ0) is 22.2. The van der Waals surface area contributed by atoms with E-state index in [1.807, 2.05) is 37.3 Å². The molecule has 4 rings (SSSR count). The van der Waals surface area contributed by atoms with E-state index >= 15 is 0 Å². The molecule has 0 aromatic heterocycles. The number of hydrogen-bond acceptors (Lipinski definition) is 3. The first-order chi connectivity index (χ1) is 14.8. The number of nitrogens with zero attached hydrogens (tertiary/aromatic N) is 1. The fourth-order valence-electron chi connectivity index (χ4n) is 5.74. The van der Waals surface area contributed by atoms with Crippen molar-refractivity contribution >= 4 is 11.6 Å². The van der Waals surface area contributed by atoms with Crippen LogP contribution in [-0.2, 0) is 9.59 Å². The van der Waals surface area contributed by atoms with Gasteiger partial charge in [0.25, 0.3) is 0 Å². The van der Waals surface area contributed by atoms with E-state index in [1.54, 1.807) is 12.2 Å². The van der Waals surface area contributed by atoms with Crippen LogP contribution in [0.5, 0.6) is 0 Å². The topological polar surface area (TPSA) is 57.9 Å². The SMILES string of the molecule is CCCC1=CC2(C)C3=CC(=O)C(C#N)=CC3(C#Cc3ccccc3)CCC2C(C)C1=O. The molecule has 1 aromatic carbocycles. The van der Waals surface area contributed by atoms with Crippen LogP contribution < -0.4 is 0 Å². The summed E-state index contributed by atoms with van der Waals surface area (Å²) < 4.78 is 0. The molecule has 1 saturated carbocycles. The molecular formula is C28H27NO2. The van der Waals surface area contributed by atoms with E-state index in [4.69, 9.17) is 0 Å². The minimum Gasteiger partial charge on any atom is -0.294 e. The van der Waals surface area contributed by atoms with Gasteiger partial charge in [-0.2, -0.15) is 5.26 Å². The van der Waals surface area contributed by atoms with Gasteiger partial charge in [0, 0.05) is 16.9 Å². The maximum absolute atomic E-state index is 13.0. The van der Waals surface area contributed by atoms with Gasteiger partial charge in [0.15, 0.2) is 11.6 Å². The molecule has 3 heteroatoms. The lowest BCUT2D eigenvalue weighted by atomic mass is 9.48. The van der Waals surface area contributed by atoms with Crippen LogP contribution in [0.1, 0.15) is 52.0 Å². The Morgan fingerprint density at radius 3 is 2.58 bits per heavy atom. The van der Waals surface area contributed by atoms with Crippen molar-refractivity contribution in [1.29, 1.82) is 5.26 Å². The van der Waals surface area contributed by atoms with Crippen LogP contribution in [0.3, 0.4) is 0 Å². The smallest absolute Gasteiger partial charge is 0.196 e. The average molecular weight is 410 g/mol. The van der Waals surface area contributed by atoms with E-state index in [1.165, 1.54) is 0 Å². The quantitative estimate of drug-likeness (QED) is 0.619. The van der Waals surface area contributed by atoms with Crippen molar-refractivity contribution in [3.05, 3.63) is 70.8 Å². The largest absolute Gasteiger partial charge is 0.294 e. The first-order valence-electron chi connectivity index (χ1n) is 11.1. The maximum Gasteiger partial charge on any atom is 0.196 e. The van der Waals surface area contributed by atoms with Gasteiger partial charge in [0.1, 0.15) is 6.07 Å². The molecule has 0 spiro atoms. The Morgan fingerprint density at radius 2 is 1.90 bits per heavy atom. The number of fused-ring (bicyclic) bond motifs is 3. The monoisotopic (exact) mass is 409 g/mol. The van der Waals surface area contributed by atoms with Crippen molar-refractivity contribution in [3.8, 4) is 17.9 Å². The molecule has 3 aliphatic carbocycles. The number of nitriles is 1. The minimum absolute atomic E-state index is 0.0889. The zero-order valence-corrected chi connectivity index (χ0v) is 18.4. The van der Waals surface area contributed by atoms with Gasteiger partial charge in [-0.15, -0.1) is 0 Å². The highest BCUT2D eigenvalue weighted by molar-refractivity contribution is 6.09. The van der Waals surface area contributed by atoms with Gasteiger partial charge in [0.05, 0.1) is 11.0 Å². The molecule has 4 unspecified atom stereocenters. The molecule has 1 aromatic rings. The fraction of sp³-hybridized carbons (Fsp3) is 0.393. The normalized spacial score (nSPS) is 31.7. The average Bonchev–Trinajstić information content (AvgIpc) is 2.77. The van der Waals surface area contributed by atoms with Crippen LogP contribution in [0, 0.1) is 45.8 Å². The van der Waals surface area contributed by atoms with Crippen LogP contribution in [-0.4, -0.2) is 11.6 Å². The van der Waals surface area contributed by atoms with Gasteiger partial charge in [-0.1, -0.05) is 63.3 Å². The second kappa shape index (κ2) is 7.82. The van der Waals surface area contributed by atoms with E-state index < -0.39 is 10.8 Å². The molecule has 0 heterocycles. The Balaban J connectivity index is 1.91. The second-order valence-electron chi connectivity index (χ2n) is 9.18. The van der Waals surface area contributed by atoms with Gasteiger partial charge >= 0.3 is 0 Å². The third kappa shape index (κ3) is 3.39. The highest BCUT2D eigenvalue weighted by Crippen LogP contribution is 2.60. The number of hydrogen-bond donors (Lipinski definition) is 0. The summed E-state index contributed by atoms with van der Waals surface area (Å²) in [5.74, 6) is 6.77. The van der Waals surface area contributed by atoms with Crippen LogP contribution in [0.15, 0.2) is 65.3 Å². The summed E-state index contributed by atoms with van der Waals surface area (Å²) in [4.78, 5) is 25.8. The van der Waals surface area contributed by atoms with Gasteiger partial charge < -0.3 is 0 Å². The lowest BCUT2D eigenvalue weighted by Gasteiger charge is -2.53. The molecule has 31 heavy (non-hydrogen) atoms. The highest BCUT2D eigenvalue weighted by atomic mass is 16.1. The number of carbonyl (C=O) groups excluding carboxylic acids is 2. The molecule has 0 aliphatic heterocycles. The van der Waals surface area contributed by atoms with Crippen LogP contribution in [0.25, 0.3) is 0 Å². The molecule has 4 atom stereocenters. The molecule has 0 N–H and O–H groups in total. The molecule has 1 fully saturated rings. The van der Waals surface area contributed by atoms with Crippen molar-refractivity contribution in [2.75, 3.05) is 0 Å². The lowest BCUT2D eigenvalue weighted by molar-refractivity contribution is -0.123. The Labute approximate surface area is 184 Å². The molecule has 3 aliphatic rings. The van der Waals surface area contributed by atoms with Crippen molar-refractivity contribution in [1.82, 2.24) is 0 Å². The zero-order valence-electron chi connectivity index (χ0n) is 18.4. The van der Waals surface area contributed by atoms with E-state index in [9.17, 15) is 14.9 Å². The molecule has 0 radical (unpaired) electrons. The second-order valence-corrected chi connectivity index (χ2v) is 9.18. The van der Waals surface area contributed by atoms with E-state index in [0.717, 1.165) is 36.0 Å². The maximum atomic E-state index is 13.0. The highest BCUT2D eigenvalue weighted by Gasteiger charge is 2.55. The van der Waals surface area contributed by atoms with Crippen molar-refractivity contribution in [2.45, 2.75) is 46.5 Å². The molecule has 0 amide bonds. The third-order valence-electron chi connectivity index (χ3n) is 7.26. The van der Waals surface area contributed by atoms with Crippen LogP contribution >= 0.6 is 0 Å². The minimum atomic E-state index is -0.673. The van der Waals surface area contributed by atoms with E-state index in [0.29, 0.717) is 6.42 Å². The summed E-state index contributed by atoms with van der Waals surface area (Å²) in [5.41, 5.74) is 1.76. The summed E-state index contributed by atoms with van der Waals surface area (Å²) in [6, 6.07) is 11.8. The first kappa shape index (κ1) is 21.1. The lowest BCUT2D eigenvalue weighted by Crippen LogP contribution is -2.49. The molecule has 3 nitrogen and oxygen atoms in total. The van der Waals surface area contributed by atoms with Gasteiger partial charge in [-0.05, 0) is 60.6 Å². The van der Waals surface area contributed by atoms with Crippen LogP contribution in [0.4, 0.5) is 0 Å². The summed E-state index contributed by atoms with van der Waals surface area (Å²) in [6.45, 7) is 6.26. The first-order valence-corrected chi connectivity index (χ1v) is 11.1. The van der Waals surface area contributed by atoms with Gasteiger partial charge in [-0.25, -0.2) is 0 Å². The Kier molecular flexibility index (Phi) is 5.32. The predicted octanol–water partition coefficient (Wildman–Crippen LogP) is 5.35. The predicted molar refractivity (Wildman–Crippen MR) is 121 cm³/mol. The number of allylic oxidation sites excluding steroid dienone is 6. The summed E-state index contributed by atoms with van der Waals surface area (Å²) >= 11 is 0. The van der Waals surface area contributed by atoms with Gasteiger partial charge in [0.2, 0.25) is 0 Å². The number of rotatable bonds is 2. The molecule has 0 bridgehead atoms. The summed E-state index contributed by atoms with van der Waals surface area (Å²) in [6.07, 6.45) is 8.72. The molecule has 156 valence electrons. The fourth-order valence-corrected chi connectivity index (χ4v) is 5.74. The van der Waals surface area contributed by atoms with E-state index in [2.05, 4.69) is 37.8 Å². The van der Waals surface area contributed by atoms with Crippen molar-refractivity contribution < 1.29 is 9.59 Å². The van der Waals surface area contributed by atoms with Crippen molar-refractivity contribution in [2.24, 2.45) is 22.7 Å². The standard InChI is InChI=1S/C28H27NO2/c1-4-8-21-16-27(3)23(19(2)26(21)31)12-14-28(13-11-20-9-6-5-7-10-20)17-22(18-29)24(30)15-25(27)28/h5-7,9-10,15-17,19,23H,4,8,12,14H2,1-3H3. The number of ketones is 2. The van der Waals surface area contributed by atoms with Crippen molar-refractivity contribution in [3.63, 3.8) is 0 Å². The van der Waals surface area contributed by atoms with E-state index in [-0.39, 0.29) is 29.0 Å². The number of benzene rings is 1. The molecule has 0 saturated heterocycles. The summed E-state index contributed by atoms with van der Waals surface area (Å²) in [7, 11) is 0. The van der Waals surface area contributed by atoms with Crippen LogP contribution in [0.2, 0.25) is 0 Å². The third-order valence-corrected chi connectivity index (χ3v) is 7.26. The summed E-state index contributed by atoms with van der Waals surface area (Å²) in [5, 5.41) is 9.56. The Morgan fingerprint density at radius 1 is 1.16 bits per heavy atom. The number of Topliss-reactive ketones (excluding diaryl/α,β-unsaturated/α-hetero) is 1. The molecular weight excluding hydrogens is 382 g/mol. The Bertz CT molecular complexity index is 1130.